The first-order valence-electron chi connectivity index (χ1n) is 4.26. The van der Waals surface area contributed by atoms with Gasteiger partial charge in [-0.2, -0.15) is 0 Å². The summed E-state index contributed by atoms with van der Waals surface area (Å²) in [6.45, 7) is 0. The maximum absolute atomic E-state index is 5.73. The van der Waals surface area contributed by atoms with E-state index in [1.54, 1.807) is 11.0 Å². The van der Waals surface area contributed by atoms with Gasteiger partial charge in [-0.1, -0.05) is 24.3 Å². The summed E-state index contributed by atoms with van der Waals surface area (Å²) in [5.41, 5.74) is 4.70. The smallest absolute Gasteiger partial charge is 0.115 e. The lowest BCUT2D eigenvalue weighted by atomic mass is 10.1. The molecule has 1 aliphatic rings. The number of aromatic nitrogens is 2. The lowest BCUT2D eigenvalue weighted by Gasteiger charge is -1.96. The molecular formula is C10H9N3. The summed E-state index contributed by atoms with van der Waals surface area (Å²) >= 11 is 0. The zero-order valence-electron chi connectivity index (χ0n) is 7.07. The zero-order valence-corrected chi connectivity index (χ0v) is 7.07. The molecule has 1 heterocycles. The van der Waals surface area contributed by atoms with Crippen molar-refractivity contribution in [3.05, 3.63) is 41.9 Å². The third-order valence-corrected chi connectivity index (χ3v) is 2.53. The second-order valence-electron chi connectivity index (χ2n) is 3.28. The van der Waals surface area contributed by atoms with Gasteiger partial charge < -0.3 is 5.84 Å². The predicted molar refractivity (Wildman–Crippen MR) is 50.6 cm³/mol. The van der Waals surface area contributed by atoms with Gasteiger partial charge >= 0.3 is 0 Å². The second kappa shape index (κ2) is 2.13. The van der Waals surface area contributed by atoms with Crippen LogP contribution in [0.3, 0.4) is 0 Å². The molecule has 64 valence electrons. The third kappa shape index (κ3) is 0.758. The van der Waals surface area contributed by atoms with Gasteiger partial charge in [0, 0.05) is 12.0 Å². The van der Waals surface area contributed by atoms with Crippen molar-refractivity contribution in [2.45, 2.75) is 6.42 Å². The molecule has 13 heavy (non-hydrogen) atoms. The highest BCUT2D eigenvalue weighted by Gasteiger charge is 2.21. The summed E-state index contributed by atoms with van der Waals surface area (Å²) in [7, 11) is 0. The van der Waals surface area contributed by atoms with Crippen molar-refractivity contribution in [1.82, 2.24) is 9.66 Å². The number of hydrogen-bond acceptors (Lipinski definition) is 2. The number of nitrogens with zero attached hydrogens (tertiary/aromatic N) is 2. The predicted octanol–water partition coefficient (Wildman–Crippen LogP) is 1.17. The van der Waals surface area contributed by atoms with E-state index in [2.05, 4.69) is 17.1 Å². The van der Waals surface area contributed by atoms with E-state index in [4.69, 9.17) is 5.84 Å². The largest absolute Gasteiger partial charge is 0.338 e. The van der Waals surface area contributed by atoms with Crippen LogP contribution in [0.25, 0.3) is 11.3 Å². The SMILES string of the molecule is Nn1cnc2c1Cc1ccccc1-2. The number of benzene rings is 1. The van der Waals surface area contributed by atoms with Gasteiger partial charge in [0.2, 0.25) is 0 Å². The van der Waals surface area contributed by atoms with E-state index in [0.717, 1.165) is 17.8 Å². The number of nitrogens with two attached hydrogens (primary N) is 1. The van der Waals surface area contributed by atoms with Crippen LogP contribution in [0, 0.1) is 0 Å². The summed E-state index contributed by atoms with van der Waals surface area (Å²) < 4.78 is 1.61. The Hall–Kier alpha value is -1.77. The average molecular weight is 171 g/mol. The lowest BCUT2D eigenvalue weighted by Crippen LogP contribution is -2.09. The fourth-order valence-electron chi connectivity index (χ4n) is 1.87. The van der Waals surface area contributed by atoms with E-state index in [9.17, 15) is 0 Å². The molecule has 1 aliphatic carbocycles. The number of fused-ring (bicyclic) bond motifs is 3. The van der Waals surface area contributed by atoms with Crippen LogP contribution in [0.15, 0.2) is 30.6 Å². The molecule has 0 amide bonds. The van der Waals surface area contributed by atoms with E-state index in [1.165, 1.54) is 11.1 Å². The molecule has 0 unspecified atom stereocenters. The Bertz CT molecular complexity index is 471. The molecule has 0 bridgehead atoms. The third-order valence-electron chi connectivity index (χ3n) is 2.53. The van der Waals surface area contributed by atoms with Crippen molar-refractivity contribution >= 4 is 0 Å². The Morgan fingerprint density at radius 2 is 2.15 bits per heavy atom. The Labute approximate surface area is 75.8 Å². The molecule has 2 aromatic rings. The monoisotopic (exact) mass is 171 g/mol. The summed E-state index contributed by atoms with van der Waals surface area (Å²) in [5.74, 6) is 5.73. The van der Waals surface area contributed by atoms with E-state index < -0.39 is 0 Å². The first-order valence-corrected chi connectivity index (χ1v) is 4.26. The van der Waals surface area contributed by atoms with Crippen molar-refractivity contribution in [3.8, 4) is 11.3 Å². The molecule has 3 heteroatoms. The molecule has 0 atom stereocenters. The van der Waals surface area contributed by atoms with Gasteiger partial charge in [0.15, 0.2) is 0 Å². The molecule has 1 aromatic carbocycles. The van der Waals surface area contributed by atoms with Gasteiger partial charge in [-0.15, -0.1) is 0 Å². The quantitative estimate of drug-likeness (QED) is 0.516. The van der Waals surface area contributed by atoms with Crippen LogP contribution in [0.4, 0.5) is 0 Å². The zero-order chi connectivity index (χ0) is 8.84. The average Bonchev–Trinajstić information content (AvgIpc) is 2.67. The first-order chi connectivity index (χ1) is 6.36. The number of rotatable bonds is 0. The highest BCUT2D eigenvalue weighted by atomic mass is 15.3. The van der Waals surface area contributed by atoms with E-state index in [1.807, 2.05) is 12.1 Å². The first kappa shape index (κ1) is 6.71. The van der Waals surface area contributed by atoms with E-state index in [0.29, 0.717) is 0 Å². The normalized spacial score (nSPS) is 12.6. The minimum atomic E-state index is 0.905. The fraction of sp³-hybridized carbons (Fsp3) is 0.100. The minimum absolute atomic E-state index is 0.905. The Balaban J connectivity index is 2.32. The van der Waals surface area contributed by atoms with Crippen LogP contribution < -0.4 is 5.84 Å². The summed E-state index contributed by atoms with van der Waals surface area (Å²) in [6, 6.07) is 8.29. The van der Waals surface area contributed by atoms with E-state index in [-0.39, 0.29) is 0 Å². The number of nitrogen functional groups attached to an aromatic ring is 1. The standard InChI is InChI=1S/C10H9N3/c11-13-6-12-10-8-4-2-1-3-7(8)5-9(10)13/h1-4,6H,5,11H2. The molecule has 2 N–H and O–H groups in total. The molecule has 0 spiro atoms. The van der Waals surface area contributed by atoms with Gasteiger partial charge in [0.1, 0.15) is 6.33 Å². The van der Waals surface area contributed by atoms with Crippen molar-refractivity contribution < 1.29 is 0 Å². The van der Waals surface area contributed by atoms with Gasteiger partial charge in [-0.05, 0) is 5.56 Å². The highest BCUT2D eigenvalue weighted by molar-refractivity contribution is 5.72. The molecule has 0 radical (unpaired) electrons. The van der Waals surface area contributed by atoms with Crippen molar-refractivity contribution in [2.24, 2.45) is 0 Å². The van der Waals surface area contributed by atoms with Crippen LogP contribution in [0.2, 0.25) is 0 Å². The highest BCUT2D eigenvalue weighted by Crippen LogP contribution is 2.33. The second-order valence-corrected chi connectivity index (χ2v) is 3.28. The lowest BCUT2D eigenvalue weighted by molar-refractivity contribution is 0.920. The van der Waals surface area contributed by atoms with Gasteiger partial charge in [-0.3, -0.25) is 4.68 Å². The maximum Gasteiger partial charge on any atom is 0.115 e. The van der Waals surface area contributed by atoms with Gasteiger partial charge in [0.05, 0.1) is 11.4 Å². The van der Waals surface area contributed by atoms with Gasteiger partial charge in [0.25, 0.3) is 0 Å². The molecule has 0 saturated carbocycles. The van der Waals surface area contributed by atoms with Crippen LogP contribution in [0.1, 0.15) is 11.3 Å². The molecule has 1 aromatic heterocycles. The maximum atomic E-state index is 5.73. The molecule has 3 nitrogen and oxygen atoms in total. The molecule has 0 aliphatic heterocycles. The van der Waals surface area contributed by atoms with E-state index >= 15 is 0 Å². The van der Waals surface area contributed by atoms with Crippen LogP contribution in [-0.2, 0) is 6.42 Å². The fourth-order valence-corrected chi connectivity index (χ4v) is 1.87. The topological polar surface area (TPSA) is 43.8 Å². The van der Waals surface area contributed by atoms with Crippen LogP contribution in [-0.4, -0.2) is 9.66 Å². The summed E-state index contributed by atoms with van der Waals surface area (Å²) in [5, 5.41) is 0. The van der Waals surface area contributed by atoms with Gasteiger partial charge in [-0.25, -0.2) is 4.98 Å². The minimum Gasteiger partial charge on any atom is -0.338 e. The molecule has 0 fully saturated rings. The molecule has 0 saturated heterocycles. The molecule has 3 rings (SSSR count). The molecular weight excluding hydrogens is 162 g/mol. The Morgan fingerprint density at radius 3 is 3.08 bits per heavy atom. The van der Waals surface area contributed by atoms with Crippen LogP contribution >= 0.6 is 0 Å². The summed E-state index contributed by atoms with van der Waals surface area (Å²) in [6.07, 6.45) is 2.57. The Morgan fingerprint density at radius 1 is 1.31 bits per heavy atom. The van der Waals surface area contributed by atoms with Crippen LogP contribution in [0.5, 0.6) is 0 Å². The van der Waals surface area contributed by atoms with Crippen molar-refractivity contribution in [3.63, 3.8) is 0 Å². The number of hydrogen-bond donors (Lipinski definition) is 1. The Kier molecular flexibility index (Phi) is 1.10. The van der Waals surface area contributed by atoms with Crippen molar-refractivity contribution in [1.29, 1.82) is 0 Å². The number of imidazole rings is 1. The van der Waals surface area contributed by atoms with Crippen molar-refractivity contribution in [2.75, 3.05) is 5.84 Å². The summed E-state index contributed by atoms with van der Waals surface area (Å²) in [4.78, 5) is 4.28.